The second kappa shape index (κ2) is 3.50. The second-order valence-corrected chi connectivity index (χ2v) is 2.43. The van der Waals surface area contributed by atoms with E-state index in [1.54, 1.807) is 0 Å². The van der Waals surface area contributed by atoms with Gasteiger partial charge in [0.05, 0.1) is 0 Å². The summed E-state index contributed by atoms with van der Waals surface area (Å²) in [4.78, 5) is 0. The van der Waals surface area contributed by atoms with Gasteiger partial charge in [0.25, 0.3) is 0 Å². The minimum Gasteiger partial charge on any atom is -0.278 e. The quantitative estimate of drug-likeness (QED) is 0.537. The van der Waals surface area contributed by atoms with E-state index in [-0.39, 0.29) is 0 Å². The highest BCUT2D eigenvalue weighted by Gasteiger charge is 1.89. The van der Waals surface area contributed by atoms with Gasteiger partial charge in [0.2, 0.25) is 0 Å². The Balaban J connectivity index is 2.75. The van der Waals surface area contributed by atoms with Crippen LogP contribution in [-0.2, 0) is 0 Å². The Morgan fingerprint density at radius 2 is 2.33 bits per heavy atom. The molecule has 0 radical (unpaired) electrons. The van der Waals surface area contributed by atoms with E-state index < -0.39 is 0 Å². The zero-order valence-electron chi connectivity index (χ0n) is 4.27. The number of hydrogen-bond donors (Lipinski definition) is 1. The lowest BCUT2D eigenvalue weighted by Crippen LogP contribution is -1.95. The van der Waals surface area contributed by atoms with Crippen molar-refractivity contribution in [3.63, 3.8) is 0 Å². The SMILES string of the molecule is CCC(C)SN. The molecule has 0 rings (SSSR count). The summed E-state index contributed by atoms with van der Waals surface area (Å²) < 4.78 is 0. The molecular formula is C4H11NS. The molecule has 0 saturated heterocycles. The molecule has 0 amide bonds. The van der Waals surface area contributed by atoms with E-state index in [1.165, 1.54) is 18.4 Å². The molecule has 0 heterocycles. The zero-order chi connectivity index (χ0) is 4.99. The topological polar surface area (TPSA) is 26.0 Å². The maximum absolute atomic E-state index is 5.20. The van der Waals surface area contributed by atoms with E-state index in [9.17, 15) is 0 Å². The van der Waals surface area contributed by atoms with Gasteiger partial charge in [0, 0.05) is 5.25 Å². The Kier molecular flexibility index (Phi) is 3.68. The Hall–Kier alpha value is 0.310. The predicted octanol–water partition coefficient (Wildman–Crippen LogP) is 1.39. The minimum atomic E-state index is 0.630. The molecule has 0 aromatic carbocycles. The van der Waals surface area contributed by atoms with Crippen molar-refractivity contribution in [3.05, 3.63) is 0 Å². The molecule has 1 atom stereocenters. The van der Waals surface area contributed by atoms with Crippen LogP contribution in [0, 0.1) is 0 Å². The van der Waals surface area contributed by atoms with Gasteiger partial charge < -0.3 is 0 Å². The summed E-state index contributed by atoms with van der Waals surface area (Å²) in [6, 6.07) is 0. The van der Waals surface area contributed by atoms with E-state index in [4.69, 9.17) is 5.14 Å². The molecule has 2 heteroatoms. The molecule has 0 aromatic rings. The van der Waals surface area contributed by atoms with Crippen LogP contribution >= 0.6 is 11.9 Å². The van der Waals surface area contributed by atoms with E-state index >= 15 is 0 Å². The lowest BCUT2D eigenvalue weighted by molar-refractivity contribution is 0.907. The standard InChI is InChI=1S/C4H11NS/c1-3-4(2)6-5/h4H,3,5H2,1-2H3. The summed E-state index contributed by atoms with van der Waals surface area (Å²) in [7, 11) is 0. The molecule has 0 saturated carbocycles. The van der Waals surface area contributed by atoms with Gasteiger partial charge in [-0.05, 0) is 6.42 Å². The molecule has 6 heavy (non-hydrogen) atoms. The van der Waals surface area contributed by atoms with Crippen molar-refractivity contribution < 1.29 is 0 Å². The highest BCUT2D eigenvalue weighted by atomic mass is 32.2. The van der Waals surface area contributed by atoms with Gasteiger partial charge in [-0.2, -0.15) is 0 Å². The van der Waals surface area contributed by atoms with Gasteiger partial charge in [0.1, 0.15) is 0 Å². The van der Waals surface area contributed by atoms with Crippen LogP contribution in [0.25, 0.3) is 0 Å². The lowest BCUT2D eigenvalue weighted by Gasteiger charge is -1.98. The van der Waals surface area contributed by atoms with Crippen molar-refractivity contribution in [2.24, 2.45) is 5.14 Å². The molecule has 0 aromatic heterocycles. The molecule has 38 valence electrons. The molecule has 0 spiro atoms. The van der Waals surface area contributed by atoms with Crippen LogP contribution in [0.2, 0.25) is 0 Å². The molecule has 0 bridgehead atoms. The molecule has 0 aliphatic heterocycles. The Morgan fingerprint density at radius 3 is 2.33 bits per heavy atom. The first-order valence-electron chi connectivity index (χ1n) is 2.16. The molecule has 0 aliphatic rings. The van der Waals surface area contributed by atoms with Gasteiger partial charge in [-0.25, -0.2) is 0 Å². The van der Waals surface area contributed by atoms with Crippen molar-refractivity contribution in [1.82, 2.24) is 0 Å². The molecule has 2 N–H and O–H groups in total. The van der Waals surface area contributed by atoms with Gasteiger partial charge in [0.15, 0.2) is 0 Å². The van der Waals surface area contributed by atoms with E-state index in [2.05, 4.69) is 13.8 Å². The molecule has 1 nitrogen and oxygen atoms in total. The number of rotatable bonds is 2. The van der Waals surface area contributed by atoms with Gasteiger partial charge in [-0.1, -0.05) is 25.8 Å². The van der Waals surface area contributed by atoms with Gasteiger partial charge in [-0.3, -0.25) is 5.14 Å². The number of nitrogens with two attached hydrogens (primary N) is 1. The average molecular weight is 105 g/mol. The maximum Gasteiger partial charge on any atom is 0.0159 e. The van der Waals surface area contributed by atoms with E-state index in [1.807, 2.05) is 0 Å². The second-order valence-electron chi connectivity index (χ2n) is 1.35. The monoisotopic (exact) mass is 105 g/mol. The van der Waals surface area contributed by atoms with Crippen LogP contribution in [0.1, 0.15) is 20.3 Å². The van der Waals surface area contributed by atoms with Crippen molar-refractivity contribution >= 4 is 11.9 Å². The average Bonchev–Trinajstić information content (AvgIpc) is 1.65. The van der Waals surface area contributed by atoms with Crippen LogP contribution in [-0.4, -0.2) is 5.25 Å². The summed E-state index contributed by atoms with van der Waals surface area (Å²) in [6.07, 6.45) is 1.17. The number of hydrogen-bond acceptors (Lipinski definition) is 2. The first kappa shape index (κ1) is 6.31. The fraction of sp³-hybridized carbons (Fsp3) is 1.00. The van der Waals surface area contributed by atoms with Crippen molar-refractivity contribution in [1.29, 1.82) is 0 Å². The van der Waals surface area contributed by atoms with Crippen LogP contribution in [0.5, 0.6) is 0 Å². The minimum absolute atomic E-state index is 0.630. The summed E-state index contributed by atoms with van der Waals surface area (Å²) in [5.74, 6) is 0. The maximum atomic E-state index is 5.20. The molecule has 0 aliphatic carbocycles. The van der Waals surface area contributed by atoms with Crippen molar-refractivity contribution in [2.45, 2.75) is 25.5 Å². The summed E-state index contributed by atoms with van der Waals surface area (Å²) in [6.45, 7) is 4.25. The van der Waals surface area contributed by atoms with Crippen molar-refractivity contribution in [3.8, 4) is 0 Å². The Morgan fingerprint density at radius 1 is 1.83 bits per heavy atom. The Bertz CT molecular complexity index is 26.7. The van der Waals surface area contributed by atoms with Crippen LogP contribution in [0.4, 0.5) is 0 Å². The summed E-state index contributed by atoms with van der Waals surface area (Å²) in [5, 5.41) is 5.83. The third-order valence-corrected chi connectivity index (χ3v) is 1.61. The zero-order valence-corrected chi connectivity index (χ0v) is 5.09. The predicted molar refractivity (Wildman–Crippen MR) is 31.5 cm³/mol. The highest BCUT2D eigenvalue weighted by Crippen LogP contribution is 2.03. The van der Waals surface area contributed by atoms with Crippen LogP contribution in [0.3, 0.4) is 0 Å². The summed E-state index contributed by atoms with van der Waals surface area (Å²) >= 11 is 1.42. The normalized spacial score (nSPS) is 14.5. The fourth-order valence-electron chi connectivity index (χ4n) is 0.0962. The Labute approximate surface area is 43.4 Å². The van der Waals surface area contributed by atoms with Gasteiger partial charge >= 0.3 is 0 Å². The highest BCUT2D eigenvalue weighted by molar-refractivity contribution is 7.97. The first-order valence-corrected chi connectivity index (χ1v) is 3.11. The van der Waals surface area contributed by atoms with E-state index in [0.717, 1.165) is 0 Å². The molecule has 1 unspecified atom stereocenters. The first-order chi connectivity index (χ1) is 2.81. The summed E-state index contributed by atoms with van der Waals surface area (Å²) in [5.41, 5.74) is 0. The van der Waals surface area contributed by atoms with Gasteiger partial charge in [-0.15, -0.1) is 0 Å². The molecular weight excluding hydrogens is 94.1 g/mol. The van der Waals surface area contributed by atoms with Crippen LogP contribution in [0.15, 0.2) is 0 Å². The third-order valence-electron chi connectivity index (χ3n) is 0.807. The van der Waals surface area contributed by atoms with E-state index in [0.29, 0.717) is 5.25 Å². The molecule has 0 fully saturated rings. The lowest BCUT2D eigenvalue weighted by atomic mass is 10.4. The third kappa shape index (κ3) is 2.54. The van der Waals surface area contributed by atoms with Crippen molar-refractivity contribution in [2.75, 3.05) is 0 Å². The largest absolute Gasteiger partial charge is 0.278 e. The smallest absolute Gasteiger partial charge is 0.0159 e. The van der Waals surface area contributed by atoms with Crippen LogP contribution < -0.4 is 5.14 Å². The fourth-order valence-corrected chi connectivity index (χ4v) is 0.289.